The first kappa shape index (κ1) is 20.2. The summed E-state index contributed by atoms with van der Waals surface area (Å²) in [4.78, 5) is 12.8. The molecule has 1 fully saturated rings. The number of rotatable bonds is 9. The smallest absolute Gasteiger partial charge is 0.230 e. The predicted octanol–water partition coefficient (Wildman–Crippen LogP) is 3.36. The second-order valence-corrected chi connectivity index (χ2v) is 8.27. The van der Waals surface area contributed by atoms with Crippen molar-refractivity contribution in [3.63, 3.8) is 0 Å². The van der Waals surface area contributed by atoms with Gasteiger partial charge in [-0.1, -0.05) is 12.1 Å². The van der Waals surface area contributed by atoms with Crippen LogP contribution < -0.4 is 10.1 Å². The van der Waals surface area contributed by atoms with E-state index in [4.69, 9.17) is 4.74 Å². The minimum atomic E-state index is -2.41. The number of halogens is 1. The Morgan fingerprint density at radius 1 is 1.13 bits per heavy atom. The summed E-state index contributed by atoms with van der Waals surface area (Å²) < 4.78 is 41.2. The summed E-state index contributed by atoms with van der Waals surface area (Å²) in [6.45, 7) is 0.550. The van der Waals surface area contributed by atoms with Crippen LogP contribution in [0.4, 0.5) is 16.0 Å². The van der Waals surface area contributed by atoms with E-state index in [9.17, 15) is 12.8 Å². The molecule has 0 unspecified atom stereocenters. The van der Waals surface area contributed by atoms with Gasteiger partial charge in [-0.2, -0.15) is 4.98 Å². The number of aromatic nitrogens is 3. The highest BCUT2D eigenvalue weighted by atomic mass is 32.2. The molecular weight excluding hydrogens is 407 g/mol. The lowest BCUT2D eigenvalue weighted by Crippen LogP contribution is -2.04. The zero-order valence-electron chi connectivity index (χ0n) is 16.1. The maximum absolute atomic E-state index is 13.7. The Morgan fingerprint density at radius 3 is 2.80 bits per heavy atom. The summed E-state index contributed by atoms with van der Waals surface area (Å²) in [5.41, 5.74) is 2.22. The highest BCUT2D eigenvalue weighted by Gasteiger charge is 2.23. The van der Waals surface area contributed by atoms with Crippen molar-refractivity contribution in [2.24, 2.45) is 5.92 Å². The molecule has 2 aromatic carbocycles. The van der Waals surface area contributed by atoms with E-state index in [1.807, 2.05) is 24.3 Å². The van der Waals surface area contributed by atoms with E-state index in [0.29, 0.717) is 42.0 Å². The fraction of sp³-hybridized carbons (Fsp3) is 0.286. The van der Waals surface area contributed by atoms with Gasteiger partial charge in [0.05, 0.1) is 17.9 Å². The van der Waals surface area contributed by atoms with Crippen molar-refractivity contribution in [2.45, 2.75) is 19.3 Å². The van der Waals surface area contributed by atoms with E-state index in [1.54, 1.807) is 6.07 Å². The van der Waals surface area contributed by atoms with E-state index in [1.165, 1.54) is 18.5 Å². The van der Waals surface area contributed by atoms with Crippen LogP contribution in [-0.2, 0) is 17.1 Å². The van der Waals surface area contributed by atoms with Crippen molar-refractivity contribution < 1.29 is 17.5 Å². The average molecular weight is 428 g/mol. The quantitative estimate of drug-likeness (QED) is 0.505. The van der Waals surface area contributed by atoms with Crippen LogP contribution in [0.5, 0.6) is 5.75 Å². The van der Waals surface area contributed by atoms with Crippen molar-refractivity contribution >= 4 is 22.3 Å². The summed E-state index contributed by atoms with van der Waals surface area (Å²) in [6, 6.07) is 11.7. The first-order valence-corrected chi connectivity index (χ1v) is 11.0. The number of anilines is 2. The van der Waals surface area contributed by atoms with Gasteiger partial charge in [-0.3, -0.25) is 0 Å². The third-order valence-electron chi connectivity index (χ3n) is 4.69. The SMILES string of the molecule is O=[SH](=O)CCc1cccc(Nc2ncnc(-c3ccc(F)cc3OCC3CC3)n2)c1. The van der Waals surface area contributed by atoms with Crippen LogP contribution in [0, 0.1) is 11.7 Å². The van der Waals surface area contributed by atoms with Gasteiger partial charge in [0.25, 0.3) is 0 Å². The van der Waals surface area contributed by atoms with Crippen LogP contribution in [-0.4, -0.2) is 35.7 Å². The molecule has 0 atom stereocenters. The lowest BCUT2D eigenvalue weighted by Gasteiger charge is -2.11. The minimum absolute atomic E-state index is 0.100. The zero-order valence-corrected chi connectivity index (χ0v) is 17.0. The maximum Gasteiger partial charge on any atom is 0.230 e. The van der Waals surface area contributed by atoms with Crippen LogP contribution >= 0.6 is 0 Å². The fourth-order valence-electron chi connectivity index (χ4n) is 2.93. The first-order valence-electron chi connectivity index (χ1n) is 9.66. The summed E-state index contributed by atoms with van der Waals surface area (Å²) in [5.74, 6) is 1.36. The molecule has 0 radical (unpaired) electrons. The standard InChI is InChI=1S/C21H21FN4O3S/c22-16-6-7-18(19(11-16)29-12-15-4-5-15)20-23-13-24-21(26-20)25-17-3-1-2-14(10-17)8-9-30(27)28/h1-3,6-7,10-11,13,15,30H,4-5,8-9,12H2,(H,23,24,25,26). The van der Waals surface area contributed by atoms with Gasteiger partial charge in [-0.25, -0.2) is 22.8 Å². The lowest BCUT2D eigenvalue weighted by atomic mass is 10.1. The summed E-state index contributed by atoms with van der Waals surface area (Å²) in [5, 5.41) is 3.11. The highest BCUT2D eigenvalue weighted by Crippen LogP contribution is 2.33. The number of thiol groups is 1. The second kappa shape index (κ2) is 9.17. The fourth-order valence-corrected chi connectivity index (χ4v) is 3.37. The van der Waals surface area contributed by atoms with Gasteiger partial charge < -0.3 is 10.1 Å². The number of hydrogen-bond donors (Lipinski definition) is 2. The van der Waals surface area contributed by atoms with Gasteiger partial charge in [-0.15, -0.1) is 0 Å². The zero-order chi connectivity index (χ0) is 20.9. The number of nitrogens with one attached hydrogen (secondary N) is 1. The molecule has 1 N–H and O–H groups in total. The van der Waals surface area contributed by atoms with Crippen LogP contribution in [0.15, 0.2) is 48.8 Å². The molecule has 1 aromatic heterocycles. The largest absolute Gasteiger partial charge is 0.492 e. The van der Waals surface area contributed by atoms with Gasteiger partial charge in [0.2, 0.25) is 5.95 Å². The van der Waals surface area contributed by atoms with Crippen LogP contribution in [0.2, 0.25) is 0 Å². The van der Waals surface area contributed by atoms with E-state index in [-0.39, 0.29) is 11.6 Å². The normalized spacial score (nSPS) is 13.4. The molecule has 4 rings (SSSR count). The van der Waals surface area contributed by atoms with Crippen LogP contribution in [0.3, 0.4) is 0 Å². The monoisotopic (exact) mass is 428 g/mol. The van der Waals surface area contributed by atoms with Gasteiger partial charge in [0.15, 0.2) is 5.82 Å². The Bertz CT molecular complexity index is 1110. The molecule has 7 nitrogen and oxygen atoms in total. The third-order valence-corrected chi connectivity index (χ3v) is 5.28. The molecule has 0 saturated heterocycles. The summed E-state index contributed by atoms with van der Waals surface area (Å²) in [7, 11) is -2.41. The molecule has 0 aliphatic heterocycles. The summed E-state index contributed by atoms with van der Waals surface area (Å²) in [6.07, 6.45) is 4.09. The predicted molar refractivity (Wildman–Crippen MR) is 112 cm³/mol. The molecular formula is C21H21FN4O3S. The highest BCUT2D eigenvalue weighted by molar-refractivity contribution is 7.72. The van der Waals surface area contributed by atoms with Crippen LogP contribution in [0.25, 0.3) is 11.4 Å². The minimum Gasteiger partial charge on any atom is -0.492 e. The maximum atomic E-state index is 13.7. The number of benzene rings is 2. The van der Waals surface area contributed by atoms with E-state index in [2.05, 4.69) is 20.3 Å². The number of hydrogen-bond acceptors (Lipinski definition) is 7. The van der Waals surface area contributed by atoms with Gasteiger partial charge in [-0.05, 0) is 55.0 Å². The second-order valence-electron chi connectivity index (χ2n) is 7.16. The molecule has 1 heterocycles. The van der Waals surface area contributed by atoms with Gasteiger partial charge in [0, 0.05) is 11.8 Å². The molecule has 0 bridgehead atoms. The lowest BCUT2D eigenvalue weighted by molar-refractivity contribution is 0.299. The molecule has 0 amide bonds. The molecule has 156 valence electrons. The molecule has 3 aromatic rings. The van der Waals surface area contributed by atoms with E-state index in [0.717, 1.165) is 24.1 Å². The number of nitrogens with zero attached hydrogens (tertiary/aromatic N) is 3. The summed E-state index contributed by atoms with van der Waals surface area (Å²) >= 11 is 0. The molecule has 0 spiro atoms. The topological polar surface area (TPSA) is 94.1 Å². The Hall–Kier alpha value is -3.07. The third kappa shape index (κ3) is 5.50. The van der Waals surface area contributed by atoms with Crippen molar-refractivity contribution in [1.82, 2.24) is 15.0 Å². The van der Waals surface area contributed by atoms with Crippen molar-refractivity contribution in [1.29, 1.82) is 0 Å². The van der Waals surface area contributed by atoms with Crippen molar-refractivity contribution in [3.05, 3.63) is 60.2 Å². The Kier molecular flexibility index (Phi) is 6.18. The van der Waals surface area contributed by atoms with Gasteiger partial charge in [0.1, 0.15) is 28.6 Å². The first-order chi connectivity index (χ1) is 14.6. The Morgan fingerprint density at radius 2 is 2.00 bits per heavy atom. The molecule has 1 aliphatic carbocycles. The van der Waals surface area contributed by atoms with Crippen LogP contribution in [0.1, 0.15) is 18.4 Å². The van der Waals surface area contributed by atoms with Gasteiger partial charge >= 0.3 is 0 Å². The molecule has 30 heavy (non-hydrogen) atoms. The molecule has 1 saturated carbocycles. The average Bonchev–Trinajstić information content (AvgIpc) is 3.56. The van der Waals surface area contributed by atoms with E-state index >= 15 is 0 Å². The molecule has 9 heteroatoms. The Labute approximate surface area is 175 Å². The van der Waals surface area contributed by atoms with E-state index < -0.39 is 10.7 Å². The molecule has 1 aliphatic rings. The van der Waals surface area contributed by atoms with Crippen molar-refractivity contribution in [3.8, 4) is 17.1 Å². The number of ether oxygens (including phenoxy) is 1. The Balaban J connectivity index is 1.54. The van der Waals surface area contributed by atoms with Crippen molar-refractivity contribution in [2.75, 3.05) is 17.7 Å². The number of aryl methyl sites for hydroxylation is 1.